The third-order valence-corrected chi connectivity index (χ3v) is 4.46. The van der Waals surface area contributed by atoms with Gasteiger partial charge >= 0.3 is 11.8 Å². The molecule has 3 rings (SSSR count). The summed E-state index contributed by atoms with van der Waals surface area (Å²) < 4.78 is 10.6. The highest BCUT2D eigenvalue weighted by Crippen LogP contribution is 2.16. The first-order valence-electron chi connectivity index (χ1n) is 10.3. The van der Waals surface area contributed by atoms with Gasteiger partial charge in [0.1, 0.15) is 11.5 Å². The number of benzene rings is 3. The van der Waals surface area contributed by atoms with Gasteiger partial charge in [0.15, 0.2) is 6.61 Å². The summed E-state index contributed by atoms with van der Waals surface area (Å²) in [6, 6.07) is 20.8. The zero-order valence-corrected chi connectivity index (χ0v) is 18.7. The Labute approximate surface area is 196 Å². The predicted octanol–water partition coefficient (Wildman–Crippen LogP) is 3.11. The second-order valence-corrected chi connectivity index (χ2v) is 7.16. The average Bonchev–Trinajstić information content (AvgIpc) is 2.83. The van der Waals surface area contributed by atoms with Crippen LogP contribution in [0, 0.1) is 6.92 Å². The molecule has 34 heavy (non-hydrogen) atoms. The number of carbonyl (C=O) groups excluding carboxylic acids is 3. The van der Waals surface area contributed by atoms with Crippen molar-refractivity contribution < 1.29 is 23.9 Å². The van der Waals surface area contributed by atoms with Crippen molar-refractivity contribution in [1.29, 1.82) is 0 Å². The molecule has 9 heteroatoms. The van der Waals surface area contributed by atoms with Crippen LogP contribution in [-0.4, -0.2) is 37.7 Å². The molecule has 0 heterocycles. The van der Waals surface area contributed by atoms with Gasteiger partial charge in [-0.1, -0.05) is 24.3 Å². The number of methoxy groups -OCH3 is 1. The Bertz CT molecular complexity index is 1190. The van der Waals surface area contributed by atoms with Crippen LogP contribution in [0.15, 0.2) is 77.9 Å². The van der Waals surface area contributed by atoms with E-state index in [4.69, 9.17) is 9.47 Å². The molecular weight excluding hydrogens is 436 g/mol. The first kappa shape index (κ1) is 24.0. The third-order valence-electron chi connectivity index (χ3n) is 4.46. The van der Waals surface area contributed by atoms with Crippen LogP contribution in [0.1, 0.15) is 11.1 Å². The molecule has 0 aromatic heterocycles. The number of ether oxygens (including phenoxy) is 2. The Hall–Kier alpha value is -4.66. The molecule has 0 saturated heterocycles. The monoisotopic (exact) mass is 460 g/mol. The molecule has 3 aromatic carbocycles. The summed E-state index contributed by atoms with van der Waals surface area (Å²) in [6.45, 7) is 1.69. The number of amides is 3. The Balaban J connectivity index is 1.47. The van der Waals surface area contributed by atoms with E-state index in [2.05, 4.69) is 21.2 Å². The van der Waals surface area contributed by atoms with Crippen molar-refractivity contribution in [2.45, 2.75) is 6.92 Å². The van der Waals surface area contributed by atoms with E-state index in [0.717, 1.165) is 5.56 Å². The largest absolute Gasteiger partial charge is 0.497 e. The number of nitrogens with one attached hydrogen (secondary N) is 3. The van der Waals surface area contributed by atoms with Crippen LogP contribution in [0.2, 0.25) is 0 Å². The number of anilines is 2. The van der Waals surface area contributed by atoms with Crippen LogP contribution in [0.3, 0.4) is 0 Å². The summed E-state index contributed by atoms with van der Waals surface area (Å²) in [5, 5.41) is 9.02. The smallest absolute Gasteiger partial charge is 0.329 e. The summed E-state index contributed by atoms with van der Waals surface area (Å²) >= 11 is 0. The minimum absolute atomic E-state index is 0.192. The van der Waals surface area contributed by atoms with Gasteiger partial charge in [0.05, 0.1) is 13.3 Å². The van der Waals surface area contributed by atoms with E-state index in [0.29, 0.717) is 28.4 Å². The second kappa shape index (κ2) is 11.8. The molecule has 0 fully saturated rings. The molecule has 0 radical (unpaired) electrons. The van der Waals surface area contributed by atoms with Gasteiger partial charge in [-0.15, -0.1) is 0 Å². The molecule has 174 valence electrons. The molecule has 0 saturated carbocycles. The number of hydrogen-bond acceptors (Lipinski definition) is 6. The minimum Gasteiger partial charge on any atom is -0.497 e. The summed E-state index contributed by atoms with van der Waals surface area (Å²) in [4.78, 5) is 36.0. The molecule has 0 atom stereocenters. The molecule has 9 nitrogen and oxygen atoms in total. The molecule has 0 bridgehead atoms. The fraction of sp³-hybridized carbons (Fsp3) is 0.120. The van der Waals surface area contributed by atoms with Gasteiger partial charge in [-0.3, -0.25) is 14.4 Å². The molecule has 0 aliphatic heterocycles. The number of hydrogen-bond donors (Lipinski definition) is 3. The standard InChI is InChI=1S/C25H24N4O5/c1-17-5-3-7-20(13-17)28-24(31)25(32)29-26-15-18-6-4-8-22(14-18)34-16-23(30)27-19-9-11-21(33-2)12-10-19/h3-15H,16H2,1-2H3,(H,27,30)(H,28,31)(H,29,32)/b26-15-. The second-order valence-electron chi connectivity index (χ2n) is 7.16. The van der Waals surface area contributed by atoms with E-state index in [1.54, 1.807) is 73.8 Å². The van der Waals surface area contributed by atoms with Crippen molar-refractivity contribution in [3.63, 3.8) is 0 Å². The van der Waals surface area contributed by atoms with Gasteiger partial charge in [-0.2, -0.15) is 5.10 Å². The molecule has 3 N–H and O–H groups in total. The summed E-state index contributed by atoms with van der Waals surface area (Å²) in [5.41, 5.74) is 4.88. The van der Waals surface area contributed by atoms with E-state index in [1.165, 1.54) is 6.21 Å². The number of carbonyl (C=O) groups is 3. The molecular formula is C25H24N4O5. The maximum Gasteiger partial charge on any atom is 0.329 e. The van der Waals surface area contributed by atoms with E-state index < -0.39 is 11.8 Å². The van der Waals surface area contributed by atoms with Crippen LogP contribution < -0.4 is 25.5 Å². The van der Waals surface area contributed by atoms with Crippen LogP contribution in [-0.2, 0) is 14.4 Å². The van der Waals surface area contributed by atoms with Crippen molar-refractivity contribution >= 4 is 35.3 Å². The lowest BCUT2D eigenvalue weighted by atomic mass is 10.2. The predicted molar refractivity (Wildman–Crippen MR) is 129 cm³/mol. The number of nitrogens with zero attached hydrogens (tertiary/aromatic N) is 1. The van der Waals surface area contributed by atoms with Crippen LogP contribution in [0.25, 0.3) is 0 Å². The Morgan fingerprint density at radius 2 is 1.62 bits per heavy atom. The van der Waals surface area contributed by atoms with Gasteiger partial charge in [-0.25, -0.2) is 5.43 Å². The highest BCUT2D eigenvalue weighted by molar-refractivity contribution is 6.39. The number of aryl methyl sites for hydroxylation is 1. The van der Waals surface area contributed by atoms with Gasteiger partial charge in [0.25, 0.3) is 5.91 Å². The van der Waals surface area contributed by atoms with Crippen molar-refractivity contribution in [2.24, 2.45) is 5.10 Å². The average molecular weight is 460 g/mol. The summed E-state index contributed by atoms with van der Waals surface area (Å²) in [7, 11) is 1.57. The van der Waals surface area contributed by atoms with Crippen molar-refractivity contribution in [1.82, 2.24) is 5.43 Å². The SMILES string of the molecule is COc1ccc(NC(=O)COc2cccc(/C=N\NC(=O)C(=O)Nc3cccc(C)c3)c2)cc1. The molecule has 0 spiro atoms. The number of rotatable bonds is 8. The quantitative estimate of drug-likeness (QED) is 0.271. The van der Waals surface area contributed by atoms with Gasteiger partial charge in [0.2, 0.25) is 0 Å². The molecule has 0 aliphatic carbocycles. The zero-order chi connectivity index (χ0) is 24.3. The fourth-order valence-corrected chi connectivity index (χ4v) is 2.83. The normalized spacial score (nSPS) is 10.4. The van der Waals surface area contributed by atoms with Crippen molar-refractivity contribution in [3.8, 4) is 11.5 Å². The minimum atomic E-state index is -0.902. The Kier molecular flexibility index (Phi) is 8.34. The molecule has 0 aliphatic rings. The maximum absolute atomic E-state index is 12.1. The maximum atomic E-state index is 12.1. The van der Waals surface area contributed by atoms with Crippen LogP contribution >= 0.6 is 0 Å². The first-order chi connectivity index (χ1) is 16.4. The lowest BCUT2D eigenvalue weighted by Gasteiger charge is -2.08. The number of hydrazone groups is 1. The summed E-state index contributed by atoms with van der Waals surface area (Å²) in [5.74, 6) is -0.924. The summed E-state index contributed by atoms with van der Waals surface area (Å²) in [6.07, 6.45) is 1.36. The van der Waals surface area contributed by atoms with E-state index in [-0.39, 0.29) is 12.5 Å². The molecule has 3 amide bonds. The molecule has 0 unspecified atom stereocenters. The third kappa shape index (κ3) is 7.49. The van der Waals surface area contributed by atoms with Gasteiger partial charge in [-0.05, 0) is 66.6 Å². The highest BCUT2D eigenvalue weighted by atomic mass is 16.5. The Morgan fingerprint density at radius 3 is 2.35 bits per heavy atom. The zero-order valence-electron chi connectivity index (χ0n) is 18.7. The highest BCUT2D eigenvalue weighted by Gasteiger charge is 2.12. The van der Waals surface area contributed by atoms with Crippen molar-refractivity contribution in [2.75, 3.05) is 24.4 Å². The van der Waals surface area contributed by atoms with Gasteiger partial charge in [0, 0.05) is 11.4 Å². The fourth-order valence-electron chi connectivity index (χ4n) is 2.83. The van der Waals surface area contributed by atoms with E-state index in [1.807, 2.05) is 13.0 Å². The van der Waals surface area contributed by atoms with E-state index in [9.17, 15) is 14.4 Å². The van der Waals surface area contributed by atoms with Crippen LogP contribution in [0.5, 0.6) is 11.5 Å². The van der Waals surface area contributed by atoms with Crippen LogP contribution in [0.4, 0.5) is 11.4 Å². The van der Waals surface area contributed by atoms with Gasteiger partial charge < -0.3 is 20.1 Å². The first-order valence-corrected chi connectivity index (χ1v) is 10.3. The lowest BCUT2D eigenvalue weighted by Crippen LogP contribution is -2.32. The molecule has 3 aromatic rings. The van der Waals surface area contributed by atoms with Crippen molar-refractivity contribution in [3.05, 3.63) is 83.9 Å². The lowest BCUT2D eigenvalue weighted by molar-refractivity contribution is -0.136. The van der Waals surface area contributed by atoms with E-state index >= 15 is 0 Å². The Morgan fingerprint density at radius 1 is 0.853 bits per heavy atom. The topological polar surface area (TPSA) is 118 Å².